The summed E-state index contributed by atoms with van der Waals surface area (Å²) in [5, 5.41) is 4.36. The number of rotatable bonds is 5. The maximum atomic E-state index is 11.4. The minimum atomic E-state index is -0.422. The number of thiophene rings is 1. The zero-order chi connectivity index (χ0) is 16.1. The lowest BCUT2D eigenvalue weighted by Gasteiger charge is -2.20. The van der Waals surface area contributed by atoms with E-state index in [2.05, 4.69) is 31.4 Å². The molecule has 1 aliphatic rings. The van der Waals surface area contributed by atoms with Crippen molar-refractivity contribution in [1.82, 2.24) is 9.80 Å². The lowest BCUT2D eigenvalue weighted by molar-refractivity contribution is 0.0561. The van der Waals surface area contributed by atoms with Gasteiger partial charge in [-0.3, -0.25) is 9.80 Å². The van der Waals surface area contributed by atoms with E-state index in [0.29, 0.717) is 0 Å². The van der Waals surface area contributed by atoms with Crippen LogP contribution >= 0.6 is 11.3 Å². The summed E-state index contributed by atoms with van der Waals surface area (Å²) in [5.41, 5.74) is 1.40. The fourth-order valence-electron chi connectivity index (χ4n) is 2.87. The Labute approximate surface area is 140 Å². The molecule has 3 rings (SSSR count). The number of esters is 1. The van der Waals surface area contributed by atoms with Crippen LogP contribution in [0.5, 0.6) is 0 Å². The maximum absolute atomic E-state index is 11.4. The van der Waals surface area contributed by atoms with E-state index in [0.717, 1.165) is 51.4 Å². The molecule has 0 amide bonds. The van der Waals surface area contributed by atoms with Crippen molar-refractivity contribution in [1.29, 1.82) is 0 Å². The van der Waals surface area contributed by atoms with Crippen LogP contribution in [-0.4, -0.2) is 49.1 Å². The third-order valence-corrected chi connectivity index (χ3v) is 4.83. The van der Waals surface area contributed by atoms with E-state index in [1.54, 1.807) is 17.4 Å². The molecule has 0 spiro atoms. The second-order valence-corrected chi connectivity index (χ2v) is 6.58. The van der Waals surface area contributed by atoms with Crippen LogP contribution in [0.3, 0.4) is 0 Å². The number of hydrogen-bond acceptors (Lipinski definition) is 6. The van der Waals surface area contributed by atoms with Gasteiger partial charge in [-0.15, -0.1) is 0 Å². The molecular weight excluding hydrogens is 312 g/mol. The van der Waals surface area contributed by atoms with Crippen LogP contribution in [-0.2, 0) is 17.8 Å². The highest BCUT2D eigenvalue weighted by atomic mass is 32.1. The van der Waals surface area contributed by atoms with Gasteiger partial charge in [0.15, 0.2) is 0 Å². The smallest absolute Gasteiger partial charge is 0.373 e. The SMILES string of the molecule is COC(=O)c1ccc(CN2CCCN(Cc3ccsc3)CC2)o1. The molecule has 1 saturated heterocycles. The zero-order valence-electron chi connectivity index (χ0n) is 13.4. The highest BCUT2D eigenvalue weighted by Crippen LogP contribution is 2.15. The number of carbonyl (C=O) groups excluding carboxylic acids is 1. The minimum absolute atomic E-state index is 0.274. The molecule has 0 unspecified atom stereocenters. The molecule has 0 aromatic carbocycles. The zero-order valence-corrected chi connectivity index (χ0v) is 14.2. The van der Waals surface area contributed by atoms with Crippen molar-refractivity contribution in [2.75, 3.05) is 33.3 Å². The van der Waals surface area contributed by atoms with Crippen molar-refractivity contribution in [2.24, 2.45) is 0 Å². The molecule has 124 valence electrons. The number of ether oxygens (including phenoxy) is 1. The van der Waals surface area contributed by atoms with Crippen molar-refractivity contribution in [2.45, 2.75) is 19.5 Å². The molecule has 0 radical (unpaired) electrons. The molecule has 0 saturated carbocycles. The largest absolute Gasteiger partial charge is 0.463 e. The second kappa shape index (κ2) is 7.77. The van der Waals surface area contributed by atoms with Gasteiger partial charge < -0.3 is 9.15 Å². The van der Waals surface area contributed by atoms with Crippen molar-refractivity contribution >= 4 is 17.3 Å². The molecule has 23 heavy (non-hydrogen) atoms. The number of furan rings is 1. The van der Waals surface area contributed by atoms with Crippen LogP contribution in [0.1, 0.15) is 28.3 Å². The summed E-state index contributed by atoms with van der Waals surface area (Å²) in [6.45, 7) is 6.01. The van der Waals surface area contributed by atoms with E-state index >= 15 is 0 Å². The third-order valence-electron chi connectivity index (χ3n) is 4.10. The first-order valence-electron chi connectivity index (χ1n) is 7.87. The number of methoxy groups -OCH3 is 1. The standard InChI is InChI=1S/C17H22N2O3S/c1-21-17(20)16-4-3-15(22-16)12-19-7-2-6-18(8-9-19)11-14-5-10-23-13-14/h3-5,10,13H,2,6-9,11-12H2,1H3. The van der Waals surface area contributed by atoms with Crippen LogP contribution in [0.25, 0.3) is 0 Å². The Morgan fingerprint density at radius 3 is 2.65 bits per heavy atom. The third kappa shape index (κ3) is 4.43. The first-order valence-corrected chi connectivity index (χ1v) is 8.81. The average Bonchev–Trinajstić information content (AvgIpc) is 3.18. The molecular formula is C17H22N2O3S. The van der Waals surface area contributed by atoms with Gasteiger partial charge in [0.05, 0.1) is 13.7 Å². The number of carbonyl (C=O) groups is 1. The van der Waals surface area contributed by atoms with Gasteiger partial charge in [0, 0.05) is 19.6 Å². The molecule has 0 aliphatic carbocycles. The lowest BCUT2D eigenvalue weighted by Crippen LogP contribution is -2.30. The van der Waals surface area contributed by atoms with Crippen LogP contribution in [0.2, 0.25) is 0 Å². The van der Waals surface area contributed by atoms with Gasteiger partial charge in [-0.05, 0) is 54.0 Å². The fourth-order valence-corrected chi connectivity index (χ4v) is 3.53. The fraction of sp³-hybridized carbons (Fsp3) is 0.471. The first kappa shape index (κ1) is 16.2. The van der Waals surface area contributed by atoms with E-state index < -0.39 is 5.97 Å². The van der Waals surface area contributed by atoms with Gasteiger partial charge in [0.25, 0.3) is 0 Å². The molecule has 6 heteroatoms. The van der Waals surface area contributed by atoms with Crippen LogP contribution in [0.15, 0.2) is 33.4 Å². The summed E-state index contributed by atoms with van der Waals surface area (Å²) in [5.74, 6) is 0.669. The summed E-state index contributed by atoms with van der Waals surface area (Å²) in [7, 11) is 1.36. The normalized spacial score (nSPS) is 17.1. The van der Waals surface area contributed by atoms with Gasteiger partial charge in [-0.1, -0.05) is 0 Å². The van der Waals surface area contributed by atoms with Gasteiger partial charge in [-0.2, -0.15) is 11.3 Å². The lowest BCUT2D eigenvalue weighted by atomic mass is 10.3. The first-order chi connectivity index (χ1) is 11.2. The molecule has 0 bridgehead atoms. The van der Waals surface area contributed by atoms with E-state index in [4.69, 9.17) is 4.42 Å². The summed E-state index contributed by atoms with van der Waals surface area (Å²) in [4.78, 5) is 16.3. The van der Waals surface area contributed by atoms with E-state index in [1.165, 1.54) is 12.7 Å². The van der Waals surface area contributed by atoms with Crippen molar-refractivity contribution in [3.63, 3.8) is 0 Å². The molecule has 5 nitrogen and oxygen atoms in total. The van der Waals surface area contributed by atoms with Crippen LogP contribution in [0, 0.1) is 0 Å². The van der Waals surface area contributed by atoms with E-state index in [9.17, 15) is 4.79 Å². The second-order valence-electron chi connectivity index (χ2n) is 5.79. The highest BCUT2D eigenvalue weighted by Gasteiger charge is 2.17. The summed E-state index contributed by atoms with van der Waals surface area (Å²) < 4.78 is 10.2. The maximum Gasteiger partial charge on any atom is 0.373 e. The monoisotopic (exact) mass is 334 g/mol. The highest BCUT2D eigenvalue weighted by molar-refractivity contribution is 7.07. The van der Waals surface area contributed by atoms with Crippen molar-refractivity contribution in [3.05, 3.63) is 46.0 Å². The Kier molecular flexibility index (Phi) is 5.48. The van der Waals surface area contributed by atoms with Gasteiger partial charge >= 0.3 is 5.97 Å². The van der Waals surface area contributed by atoms with Gasteiger partial charge in [0.1, 0.15) is 5.76 Å². The quantitative estimate of drug-likeness (QED) is 0.787. The predicted octanol–water partition coefficient (Wildman–Crippen LogP) is 2.84. The molecule has 2 aromatic heterocycles. The predicted molar refractivity (Wildman–Crippen MR) is 89.5 cm³/mol. The molecule has 0 N–H and O–H groups in total. The average molecular weight is 334 g/mol. The number of nitrogens with zero attached hydrogens (tertiary/aromatic N) is 2. The van der Waals surface area contributed by atoms with Crippen LogP contribution in [0.4, 0.5) is 0 Å². The molecule has 0 atom stereocenters. The molecule has 1 aliphatic heterocycles. The summed E-state index contributed by atoms with van der Waals surface area (Å²) >= 11 is 1.75. The molecule has 2 aromatic rings. The number of hydrogen-bond donors (Lipinski definition) is 0. The van der Waals surface area contributed by atoms with E-state index in [1.807, 2.05) is 6.07 Å². The Bertz CT molecular complexity index is 624. The van der Waals surface area contributed by atoms with Gasteiger partial charge in [-0.25, -0.2) is 4.79 Å². The van der Waals surface area contributed by atoms with Crippen LogP contribution < -0.4 is 0 Å². The minimum Gasteiger partial charge on any atom is -0.463 e. The Morgan fingerprint density at radius 1 is 1.17 bits per heavy atom. The topological polar surface area (TPSA) is 45.9 Å². The van der Waals surface area contributed by atoms with Gasteiger partial charge in [0.2, 0.25) is 5.76 Å². The summed E-state index contributed by atoms with van der Waals surface area (Å²) in [6.07, 6.45) is 1.15. The summed E-state index contributed by atoms with van der Waals surface area (Å²) in [6, 6.07) is 5.74. The van der Waals surface area contributed by atoms with E-state index in [-0.39, 0.29) is 5.76 Å². The molecule has 1 fully saturated rings. The Hall–Kier alpha value is -1.63. The Balaban J connectivity index is 1.51. The van der Waals surface area contributed by atoms with Crippen molar-refractivity contribution < 1.29 is 13.9 Å². The molecule has 3 heterocycles. The Morgan fingerprint density at radius 2 is 1.96 bits per heavy atom. The van der Waals surface area contributed by atoms with Crippen molar-refractivity contribution in [3.8, 4) is 0 Å².